The third-order valence-corrected chi connectivity index (χ3v) is 3.60. The van der Waals surface area contributed by atoms with Crippen LogP contribution in [-0.2, 0) is 13.6 Å². The molecule has 0 aromatic rings. The summed E-state index contributed by atoms with van der Waals surface area (Å²) in [5.41, 5.74) is 2.64. The average Bonchev–Trinajstić information content (AvgIpc) is 2.24. The molecule has 0 radical (unpaired) electrons. The van der Waals surface area contributed by atoms with Crippen molar-refractivity contribution in [1.82, 2.24) is 0 Å². The highest BCUT2D eigenvalue weighted by Crippen LogP contribution is 2.46. The summed E-state index contributed by atoms with van der Waals surface area (Å²) in [4.78, 5) is 0. The Morgan fingerprint density at radius 2 is 1.62 bits per heavy atom. The van der Waals surface area contributed by atoms with Crippen LogP contribution in [0.1, 0.15) is 52.9 Å². The molecule has 0 N–H and O–H groups in total. The van der Waals surface area contributed by atoms with E-state index < -0.39 is 7.60 Å². The highest BCUT2D eigenvalue weighted by atomic mass is 31.2. The summed E-state index contributed by atoms with van der Waals surface area (Å²) < 4.78 is 22.0. The predicted molar refractivity (Wildman–Crippen MR) is 67.4 cm³/mol. The average molecular weight is 246 g/mol. The second-order valence-electron chi connectivity index (χ2n) is 3.43. The van der Waals surface area contributed by atoms with Gasteiger partial charge in [0.1, 0.15) is 0 Å². The third-order valence-electron chi connectivity index (χ3n) is 1.97. The quantitative estimate of drug-likeness (QED) is 0.366. The zero-order valence-electron chi connectivity index (χ0n) is 10.6. The molecular formula is C12H23O3P. The molecule has 0 atom stereocenters. The van der Waals surface area contributed by atoms with Crippen LogP contribution in [-0.4, -0.2) is 13.2 Å². The maximum atomic E-state index is 11.9. The largest absolute Gasteiger partial charge is 0.405 e. The molecule has 0 heterocycles. The maximum absolute atomic E-state index is 11.9. The van der Waals surface area contributed by atoms with Gasteiger partial charge in [-0.3, -0.25) is 9.05 Å². The summed E-state index contributed by atoms with van der Waals surface area (Å²) in [6, 6.07) is 0. The second kappa shape index (κ2) is 9.90. The van der Waals surface area contributed by atoms with Gasteiger partial charge in [-0.05, 0) is 20.3 Å². The fraction of sp³-hybridized carbons (Fsp3) is 0.833. The summed E-state index contributed by atoms with van der Waals surface area (Å²) in [7, 11) is -3.14. The van der Waals surface area contributed by atoms with Gasteiger partial charge in [-0.15, -0.1) is 0 Å². The van der Waals surface area contributed by atoms with Gasteiger partial charge >= 0.3 is 7.60 Å². The molecule has 3 nitrogen and oxygen atoms in total. The van der Waals surface area contributed by atoms with Gasteiger partial charge in [-0.1, -0.05) is 32.1 Å². The molecule has 0 rings (SSSR count). The first-order valence-corrected chi connectivity index (χ1v) is 7.62. The minimum absolute atomic E-state index is 0.363. The first-order chi connectivity index (χ1) is 7.68. The van der Waals surface area contributed by atoms with Crippen LogP contribution in [0.5, 0.6) is 0 Å². The van der Waals surface area contributed by atoms with Gasteiger partial charge in [0.2, 0.25) is 0 Å². The fourth-order valence-electron chi connectivity index (χ4n) is 1.23. The molecule has 0 aromatic carbocycles. The van der Waals surface area contributed by atoms with Gasteiger partial charge in [0.25, 0.3) is 0 Å². The van der Waals surface area contributed by atoms with E-state index in [9.17, 15) is 4.57 Å². The molecule has 94 valence electrons. The number of hydrogen-bond acceptors (Lipinski definition) is 3. The van der Waals surface area contributed by atoms with E-state index in [1.807, 2.05) is 0 Å². The Hall–Kier alpha value is -0.290. The van der Waals surface area contributed by atoms with Crippen molar-refractivity contribution in [2.24, 2.45) is 0 Å². The normalized spacial score (nSPS) is 10.9. The predicted octanol–water partition coefficient (Wildman–Crippen LogP) is 4.18. The Balaban J connectivity index is 3.99. The van der Waals surface area contributed by atoms with Crippen LogP contribution < -0.4 is 0 Å². The Bertz CT molecular complexity index is 255. The van der Waals surface area contributed by atoms with Gasteiger partial charge in [-0.25, -0.2) is 4.57 Å². The number of rotatable bonds is 8. The SMILES string of the molecule is CCCCCCC#CP(=O)(OCC)OCC. The lowest BCUT2D eigenvalue weighted by molar-refractivity contribution is 0.230. The van der Waals surface area contributed by atoms with Gasteiger partial charge < -0.3 is 0 Å². The number of hydrogen-bond donors (Lipinski definition) is 0. The molecule has 16 heavy (non-hydrogen) atoms. The van der Waals surface area contributed by atoms with Crippen molar-refractivity contribution in [3.8, 4) is 11.6 Å². The highest BCUT2D eigenvalue weighted by molar-refractivity contribution is 7.59. The minimum Gasteiger partial charge on any atom is -0.300 e. The van der Waals surface area contributed by atoms with Crippen molar-refractivity contribution in [3.63, 3.8) is 0 Å². The lowest BCUT2D eigenvalue weighted by atomic mass is 10.2. The Kier molecular flexibility index (Phi) is 9.72. The van der Waals surface area contributed by atoms with E-state index in [0.717, 1.165) is 12.8 Å². The first kappa shape index (κ1) is 15.7. The zero-order chi connectivity index (χ0) is 12.3. The van der Waals surface area contributed by atoms with Crippen molar-refractivity contribution in [3.05, 3.63) is 0 Å². The van der Waals surface area contributed by atoms with Gasteiger partial charge in [-0.2, -0.15) is 0 Å². The Morgan fingerprint density at radius 3 is 2.12 bits per heavy atom. The van der Waals surface area contributed by atoms with Crippen LogP contribution in [0, 0.1) is 11.6 Å². The molecule has 0 spiro atoms. The molecule has 0 aliphatic rings. The van der Waals surface area contributed by atoms with Gasteiger partial charge in [0, 0.05) is 12.1 Å². The number of unbranched alkanes of at least 4 members (excludes halogenated alkanes) is 4. The molecule has 0 saturated heterocycles. The van der Waals surface area contributed by atoms with Crippen molar-refractivity contribution in [2.75, 3.05) is 13.2 Å². The maximum Gasteiger partial charge on any atom is 0.405 e. The zero-order valence-corrected chi connectivity index (χ0v) is 11.5. The third kappa shape index (κ3) is 7.93. The molecular weight excluding hydrogens is 223 g/mol. The summed E-state index contributed by atoms with van der Waals surface area (Å²) in [6.07, 6.45) is 5.45. The van der Waals surface area contributed by atoms with E-state index in [-0.39, 0.29) is 0 Å². The molecule has 0 aliphatic heterocycles. The lowest BCUT2D eigenvalue weighted by Crippen LogP contribution is -1.92. The van der Waals surface area contributed by atoms with Crippen molar-refractivity contribution >= 4 is 7.60 Å². The summed E-state index contributed by atoms with van der Waals surface area (Å²) in [5, 5.41) is 0. The van der Waals surface area contributed by atoms with E-state index in [1.54, 1.807) is 13.8 Å². The van der Waals surface area contributed by atoms with Crippen LogP contribution >= 0.6 is 7.60 Å². The van der Waals surface area contributed by atoms with E-state index in [1.165, 1.54) is 19.3 Å². The van der Waals surface area contributed by atoms with Gasteiger partial charge in [0.15, 0.2) is 0 Å². The fourth-order valence-corrected chi connectivity index (χ4v) is 2.42. The lowest BCUT2D eigenvalue weighted by Gasteiger charge is -2.09. The topological polar surface area (TPSA) is 35.5 Å². The highest BCUT2D eigenvalue weighted by Gasteiger charge is 2.19. The van der Waals surface area contributed by atoms with Crippen LogP contribution in [0.3, 0.4) is 0 Å². The second-order valence-corrected chi connectivity index (χ2v) is 5.17. The van der Waals surface area contributed by atoms with Crippen LogP contribution in [0.2, 0.25) is 0 Å². The van der Waals surface area contributed by atoms with E-state index in [2.05, 4.69) is 18.5 Å². The van der Waals surface area contributed by atoms with Crippen molar-refractivity contribution < 1.29 is 13.6 Å². The van der Waals surface area contributed by atoms with Crippen LogP contribution in [0.25, 0.3) is 0 Å². The van der Waals surface area contributed by atoms with Crippen molar-refractivity contribution in [2.45, 2.75) is 52.9 Å². The van der Waals surface area contributed by atoms with Crippen LogP contribution in [0.15, 0.2) is 0 Å². The summed E-state index contributed by atoms with van der Waals surface area (Å²) in [6.45, 7) is 6.47. The van der Waals surface area contributed by atoms with Crippen molar-refractivity contribution in [1.29, 1.82) is 0 Å². The molecule has 0 amide bonds. The van der Waals surface area contributed by atoms with Crippen LogP contribution in [0.4, 0.5) is 0 Å². The van der Waals surface area contributed by atoms with E-state index >= 15 is 0 Å². The smallest absolute Gasteiger partial charge is 0.300 e. The Labute approximate surface area is 99.4 Å². The molecule has 0 saturated carbocycles. The monoisotopic (exact) mass is 246 g/mol. The molecule has 4 heteroatoms. The summed E-state index contributed by atoms with van der Waals surface area (Å²) in [5.74, 6) is 2.89. The molecule has 0 unspecified atom stereocenters. The molecule has 0 bridgehead atoms. The van der Waals surface area contributed by atoms with E-state index in [4.69, 9.17) is 9.05 Å². The van der Waals surface area contributed by atoms with Gasteiger partial charge in [0.05, 0.1) is 13.2 Å². The first-order valence-electron chi connectivity index (χ1n) is 6.07. The minimum atomic E-state index is -3.14. The summed E-state index contributed by atoms with van der Waals surface area (Å²) >= 11 is 0. The molecule has 0 fully saturated rings. The molecule has 0 aliphatic carbocycles. The van der Waals surface area contributed by atoms with E-state index in [0.29, 0.717) is 13.2 Å². The standard InChI is InChI=1S/C12H23O3P/c1-4-7-8-9-10-11-12-16(13,14-5-2)15-6-3/h4-10H2,1-3H3. The molecule has 0 aromatic heterocycles. The Morgan fingerprint density at radius 1 is 1.00 bits per heavy atom.